The number of hydrogen-bond acceptors (Lipinski definition) is 3. The minimum atomic E-state index is -0.318. The first-order valence-corrected chi connectivity index (χ1v) is 7.72. The average Bonchev–Trinajstić information content (AvgIpc) is 3.06. The van der Waals surface area contributed by atoms with Crippen LogP contribution < -0.4 is 10.1 Å². The van der Waals surface area contributed by atoms with Crippen LogP contribution in [0.5, 0.6) is 5.75 Å². The van der Waals surface area contributed by atoms with Gasteiger partial charge in [-0.05, 0) is 31.2 Å². The standard InChI is InChI=1S/C18H16ClN3O2/c1-11-3-5-12(6-4-11)14-10-16(22-21-14)18(23)20-15-9-13(19)7-8-17(15)24-2/h3-10H,1-2H3,(H,20,23)(H,21,22). The minimum absolute atomic E-state index is 0.318. The first-order chi connectivity index (χ1) is 11.6. The molecular weight excluding hydrogens is 326 g/mol. The van der Waals surface area contributed by atoms with Crippen LogP contribution in [0.3, 0.4) is 0 Å². The lowest BCUT2D eigenvalue weighted by atomic mass is 10.1. The molecule has 0 atom stereocenters. The predicted molar refractivity (Wildman–Crippen MR) is 94.7 cm³/mol. The zero-order valence-corrected chi connectivity index (χ0v) is 14.0. The van der Waals surface area contributed by atoms with Crippen LogP contribution in [-0.2, 0) is 0 Å². The van der Waals surface area contributed by atoms with Crippen molar-refractivity contribution in [1.82, 2.24) is 10.2 Å². The van der Waals surface area contributed by atoms with Gasteiger partial charge < -0.3 is 10.1 Å². The molecule has 6 heteroatoms. The summed E-state index contributed by atoms with van der Waals surface area (Å²) in [7, 11) is 1.53. The van der Waals surface area contributed by atoms with E-state index in [9.17, 15) is 4.79 Å². The molecule has 24 heavy (non-hydrogen) atoms. The van der Waals surface area contributed by atoms with Gasteiger partial charge >= 0.3 is 0 Å². The number of carbonyl (C=O) groups is 1. The molecule has 0 aliphatic carbocycles. The van der Waals surface area contributed by atoms with Gasteiger partial charge in [-0.25, -0.2) is 0 Å². The van der Waals surface area contributed by atoms with Gasteiger partial charge in [0.2, 0.25) is 0 Å². The van der Waals surface area contributed by atoms with Gasteiger partial charge in [0.15, 0.2) is 0 Å². The second kappa shape index (κ2) is 6.76. The van der Waals surface area contributed by atoms with Crippen LogP contribution >= 0.6 is 11.6 Å². The Morgan fingerprint density at radius 2 is 1.92 bits per heavy atom. The third-order valence-corrected chi connectivity index (χ3v) is 3.81. The molecule has 0 aliphatic heterocycles. The van der Waals surface area contributed by atoms with E-state index in [1.165, 1.54) is 12.7 Å². The molecule has 3 rings (SSSR count). The van der Waals surface area contributed by atoms with Gasteiger partial charge in [-0.3, -0.25) is 9.89 Å². The third-order valence-electron chi connectivity index (χ3n) is 3.58. The number of benzene rings is 2. The van der Waals surface area contributed by atoms with Crippen LogP contribution in [0.1, 0.15) is 16.1 Å². The van der Waals surface area contributed by atoms with Crippen molar-refractivity contribution in [3.8, 4) is 17.0 Å². The summed E-state index contributed by atoms with van der Waals surface area (Å²) in [6.07, 6.45) is 0. The first-order valence-electron chi connectivity index (χ1n) is 7.34. The number of methoxy groups -OCH3 is 1. The fourth-order valence-electron chi connectivity index (χ4n) is 2.28. The number of ether oxygens (including phenoxy) is 1. The molecule has 1 aromatic heterocycles. The Bertz CT molecular complexity index is 872. The van der Waals surface area contributed by atoms with E-state index in [4.69, 9.17) is 16.3 Å². The highest BCUT2D eigenvalue weighted by Gasteiger charge is 2.14. The van der Waals surface area contributed by atoms with Crippen LogP contribution in [-0.4, -0.2) is 23.2 Å². The second-order valence-corrected chi connectivity index (χ2v) is 5.77. The van der Waals surface area contributed by atoms with E-state index in [1.807, 2.05) is 31.2 Å². The Balaban J connectivity index is 1.81. The van der Waals surface area contributed by atoms with Gasteiger partial charge in [0.05, 0.1) is 18.5 Å². The van der Waals surface area contributed by atoms with E-state index in [0.717, 1.165) is 5.56 Å². The van der Waals surface area contributed by atoms with Crippen LogP contribution in [0.2, 0.25) is 5.02 Å². The summed E-state index contributed by atoms with van der Waals surface area (Å²) in [5, 5.41) is 10.2. The molecule has 0 unspecified atom stereocenters. The average molecular weight is 342 g/mol. The summed E-state index contributed by atoms with van der Waals surface area (Å²) in [6, 6.07) is 14.7. The van der Waals surface area contributed by atoms with E-state index in [2.05, 4.69) is 15.5 Å². The van der Waals surface area contributed by atoms with Gasteiger partial charge in [0, 0.05) is 10.6 Å². The number of nitrogens with zero attached hydrogens (tertiary/aromatic N) is 1. The fraction of sp³-hybridized carbons (Fsp3) is 0.111. The van der Waals surface area contributed by atoms with Gasteiger partial charge in [0.25, 0.3) is 5.91 Å². The topological polar surface area (TPSA) is 67.0 Å². The van der Waals surface area contributed by atoms with Crippen molar-refractivity contribution in [2.45, 2.75) is 6.92 Å². The Kier molecular flexibility index (Phi) is 4.53. The van der Waals surface area contributed by atoms with Crippen molar-refractivity contribution in [3.63, 3.8) is 0 Å². The number of H-pyrrole nitrogens is 1. The maximum Gasteiger partial charge on any atom is 0.273 e. The number of rotatable bonds is 4. The first kappa shape index (κ1) is 16.1. The van der Waals surface area contributed by atoms with Crippen molar-refractivity contribution in [3.05, 3.63) is 64.8 Å². The molecular formula is C18H16ClN3O2. The lowest BCUT2D eigenvalue weighted by Crippen LogP contribution is -2.13. The number of anilines is 1. The van der Waals surface area contributed by atoms with Gasteiger partial charge in [-0.2, -0.15) is 5.10 Å². The second-order valence-electron chi connectivity index (χ2n) is 5.33. The highest BCUT2D eigenvalue weighted by atomic mass is 35.5. The number of nitrogens with one attached hydrogen (secondary N) is 2. The minimum Gasteiger partial charge on any atom is -0.495 e. The number of halogens is 1. The van der Waals surface area contributed by atoms with Crippen molar-refractivity contribution in [1.29, 1.82) is 0 Å². The molecule has 0 fully saturated rings. The molecule has 0 bridgehead atoms. The maximum atomic E-state index is 12.4. The maximum absolute atomic E-state index is 12.4. The van der Waals surface area contributed by atoms with E-state index in [1.54, 1.807) is 24.3 Å². The molecule has 0 saturated carbocycles. The van der Waals surface area contributed by atoms with Gasteiger partial charge in [0.1, 0.15) is 11.4 Å². The Morgan fingerprint density at radius 3 is 2.62 bits per heavy atom. The van der Waals surface area contributed by atoms with Crippen molar-refractivity contribution in [2.75, 3.05) is 12.4 Å². The van der Waals surface area contributed by atoms with Crippen LogP contribution in [0, 0.1) is 6.92 Å². The predicted octanol–water partition coefficient (Wildman–Crippen LogP) is 4.30. The number of aryl methyl sites for hydroxylation is 1. The summed E-state index contributed by atoms with van der Waals surface area (Å²) in [5.74, 6) is 0.215. The zero-order chi connectivity index (χ0) is 17.1. The molecule has 5 nitrogen and oxygen atoms in total. The SMILES string of the molecule is COc1ccc(Cl)cc1NC(=O)c1cc(-c2ccc(C)cc2)n[nH]1. The lowest BCUT2D eigenvalue weighted by molar-refractivity contribution is 0.102. The lowest BCUT2D eigenvalue weighted by Gasteiger charge is -2.09. The van der Waals surface area contributed by atoms with E-state index in [-0.39, 0.29) is 5.91 Å². The monoisotopic (exact) mass is 341 g/mol. The Morgan fingerprint density at radius 1 is 1.17 bits per heavy atom. The molecule has 0 radical (unpaired) electrons. The smallest absolute Gasteiger partial charge is 0.273 e. The summed E-state index contributed by atoms with van der Waals surface area (Å²) >= 11 is 5.97. The van der Waals surface area contributed by atoms with Crippen LogP contribution in [0.4, 0.5) is 5.69 Å². The fourth-order valence-corrected chi connectivity index (χ4v) is 2.45. The molecule has 0 saturated heterocycles. The largest absolute Gasteiger partial charge is 0.495 e. The molecule has 2 aromatic carbocycles. The summed E-state index contributed by atoms with van der Waals surface area (Å²) in [5.41, 5.74) is 3.67. The Labute approximate surface area is 144 Å². The molecule has 2 N–H and O–H groups in total. The van der Waals surface area contributed by atoms with Crippen LogP contribution in [0.15, 0.2) is 48.5 Å². The number of aromatic nitrogens is 2. The number of amides is 1. The molecule has 1 amide bonds. The molecule has 1 heterocycles. The van der Waals surface area contributed by atoms with E-state index < -0.39 is 0 Å². The summed E-state index contributed by atoms with van der Waals surface area (Å²) < 4.78 is 5.22. The number of carbonyl (C=O) groups excluding carboxylic acids is 1. The van der Waals surface area contributed by atoms with E-state index >= 15 is 0 Å². The molecule has 3 aromatic rings. The normalized spacial score (nSPS) is 10.5. The van der Waals surface area contributed by atoms with Gasteiger partial charge in [-0.15, -0.1) is 0 Å². The van der Waals surface area contributed by atoms with Crippen molar-refractivity contribution < 1.29 is 9.53 Å². The quantitative estimate of drug-likeness (QED) is 0.743. The van der Waals surface area contributed by atoms with Crippen LogP contribution in [0.25, 0.3) is 11.3 Å². The highest BCUT2D eigenvalue weighted by Crippen LogP contribution is 2.28. The molecule has 122 valence electrons. The van der Waals surface area contributed by atoms with Crippen molar-refractivity contribution in [2.24, 2.45) is 0 Å². The third kappa shape index (κ3) is 3.41. The molecule has 0 spiro atoms. The summed E-state index contributed by atoms with van der Waals surface area (Å²) in [4.78, 5) is 12.4. The number of hydrogen-bond donors (Lipinski definition) is 2. The Hall–Kier alpha value is -2.79. The summed E-state index contributed by atoms with van der Waals surface area (Å²) in [6.45, 7) is 2.02. The van der Waals surface area contributed by atoms with Crippen molar-refractivity contribution >= 4 is 23.2 Å². The zero-order valence-electron chi connectivity index (χ0n) is 13.3. The van der Waals surface area contributed by atoms with E-state index in [0.29, 0.717) is 27.8 Å². The highest BCUT2D eigenvalue weighted by molar-refractivity contribution is 6.31. The molecule has 0 aliphatic rings. The number of aromatic amines is 1. The van der Waals surface area contributed by atoms with Gasteiger partial charge in [-0.1, -0.05) is 41.4 Å².